The molecule has 3 saturated heterocycles. The summed E-state index contributed by atoms with van der Waals surface area (Å²) in [5.74, 6) is -6.89. The summed E-state index contributed by atoms with van der Waals surface area (Å²) in [5, 5.41) is 141. The first-order valence-corrected chi connectivity index (χ1v) is 17.3. The van der Waals surface area contributed by atoms with Gasteiger partial charge in [0.2, 0.25) is 11.8 Å². The lowest BCUT2D eigenvalue weighted by Crippen LogP contribution is -2.70. The maximum atomic E-state index is 12.8. The largest absolute Gasteiger partial charge is 0.477 e. The van der Waals surface area contributed by atoms with Gasteiger partial charge in [0.05, 0.1) is 38.1 Å². The summed E-state index contributed by atoms with van der Waals surface area (Å²) in [7, 11) is 0. The predicted octanol–water partition coefficient (Wildman–Crippen LogP) is -9.39. The molecular weight excluding hydrogens is 768 g/mol. The fourth-order valence-electron chi connectivity index (χ4n) is 6.49. The number of aliphatic hydroxyl groups excluding tert-OH is 12. The van der Waals surface area contributed by atoms with E-state index in [-0.39, 0.29) is 6.29 Å². The molecule has 0 bridgehead atoms. The van der Waals surface area contributed by atoms with Crippen LogP contribution in [-0.4, -0.2) is 232 Å². The van der Waals surface area contributed by atoms with Crippen molar-refractivity contribution in [2.24, 2.45) is 0 Å². The van der Waals surface area contributed by atoms with Crippen LogP contribution in [0.3, 0.4) is 0 Å². The molecule has 0 unspecified atom stereocenters. The van der Waals surface area contributed by atoms with E-state index in [4.69, 9.17) is 28.4 Å². The molecule has 0 aromatic heterocycles. The van der Waals surface area contributed by atoms with E-state index in [1.54, 1.807) is 0 Å². The Morgan fingerprint density at radius 3 is 1.93 bits per heavy atom. The summed E-state index contributed by atoms with van der Waals surface area (Å²) in [6.45, 7) is -0.175. The van der Waals surface area contributed by atoms with E-state index in [1.807, 2.05) is 0 Å². The zero-order valence-corrected chi connectivity index (χ0v) is 30.3. The van der Waals surface area contributed by atoms with Gasteiger partial charge in [-0.15, -0.1) is 0 Å². The number of hydrogen-bond acceptors (Lipinski definition) is 22. The third-order valence-electron chi connectivity index (χ3n) is 9.49. The van der Waals surface area contributed by atoms with Gasteiger partial charge >= 0.3 is 5.97 Å². The van der Waals surface area contributed by atoms with Gasteiger partial charge in [-0.2, -0.15) is 0 Å². The highest BCUT2D eigenvalue weighted by Crippen LogP contribution is 2.38. The van der Waals surface area contributed by atoms with E-state index in [0.29, 0.717) is 0 Å². The van der Waals surface area contributed by atoms with Crippen molar-refractivity contribution >= 4 is 24.1 Å². The summed E-state index contributed by atoms with van der Waals surface area (Å²) in [4.78, 5) is 49.1. The first-order chi connectivity index (χ1) is 26.2. The van der Waals surface area contributed by atoms with Gasteiger partial charge in [-0.05, 0) is 6.92 Å². The Labute approximate surface area is 317 Å². The third kappa shape index (κ3) is 10.7. The molecule has 3 heterocycles. The van der Waals surface area contributed by atoms with Crippen molar-refractivity contribution in [2.45, 2.75) is 149 Å². The van der Waals surface area contributed by atoms with Crippen LogP contribution in [0.25, 0.3) is 0 Å². The lowest BCUT2D eigenvalue weighted by Gasteiger charge is -2.50. The lowest BCUT2D eigenvalue weighted by atomic mass is 9.88. The zero-order valence-electron chi connectivity index (χ0n) is 30.3. The Bertz CT molecular complexity index is 1320. The fourth-order valence-corrected chi connectivity index (χ4v) is 6.49. The first-order valence-electron chi connectivity index (χ1n) is 17.3. The minimum Gasteiger partial charge on any atom is -0.477 e. The van der Waals surface area contributed by atoms with Crippen molar-refractivity contribution in [2.75, 3.05) is 19.8 Å². The van der Waals surface area contributed by atoms with Gasteiger partial charge in [0.1, 0.15) is 91.7 Å². The molecule has 0 aliphatic carbocycles. The van der Waals surface area contributed by atoms with Crippen molar-refractivity contribution < 1.29 is 114 Å². The maximum Gasteiger partial charge on any atom is 0.364 e. The number of aldehydes is 1. The van der Waals surface area contributed by atoms with E-state index < -0.39 is 166 Å². The van der Waals surface area contributed by atoms with Gasteiger partial charge < -0.3 is 110 Å². The summed E-state index contributed by atoms with van der Waals surface area (Å²) in [5.41, 5.74) is 0. The molecule has 20 atom stereocenters. The second kappa shape index (κ2) is 20.4. The van der Waals surface area contributed by atoms with Crippen molar-refractivity contribution in [3.63, 3.8) is 0 Å². The van der Waals surface area contributed by atoms with E-state index >= 15 is 0 Å². The van der Waals surface area contributed by atoms with Crippen LogP contribution in [0, 0.1) is 0 Å². The van der Waals surface area contributed by atoms with Crippen LogP contribution >= 0.6 is 0 Å². The van der Waals surface area contributed by atoms with Gasteiger partial charge in [0.15, 0.2) is 12.6 Å². The van der Waals surface area contributed by atoms with Crippen molar-refractivity contribution in [3.8, 4) is 0 Å². The van der Waals surface area contributed by atoms with Gasteiger partial charge in [-0.1, -0.05) is 0 Å². The van der Waals surface area contributed by atoms with Crippen molar-refractivity contribution in [1.29, 1.82) is 0 Å². The van der Waals surface area contributed by atoms with Crippen LogP contribution in [-0.2, 0) is 47.6 Å². The van der Waals surface area contributed by atoms with Crippen LogP contribution in [0.2, 0.25) is 0 Å². The second-order valence-electron chi connectivity index (χ2n) is 13.7. The third-order valence-corrected chi connectivity index (χ3v) is 9.49. The van der Waals surface area contributed by atoms with E-state index in [0.717, 1.165) is 13.8 Å². The van der Waals surface area contributed by atoms with Gasteiger partial charge in [-0.3, -0.25) is 9.59 Å². The molecule has 3 aliphatic heterocycles. The highest BCUT2D eigenvalue weighted by atomic mass is 16.8. The molecule has 25 heteroatoms. The zero-order chi connectivity index (χ0) is 42.4. The van der Waals surface area contributed by atoms with Crippen LogP contribution in [0.1, 0.15) is 27.2 Å². The number of ether oxygens (including phenoxy) is 6. The number of nitrogens with one attached hydrogen (secondary N) is 2. The summed E-state index contributed by atoms with van der Waals surface area (Å²) >= 11 is 0. The lowest BCUT2D eigenvalue weighted by molar-refractivity contribution is -0.380. The normalized spacial score (nSPS) is 39.7. The van der Waals surface area contributed by atoms with Crippen LogP contribution in [0.5, 0.6) is 0 Å². The quantitative estimate of drug-likeness (QED) is 0.0571. The minimum absolute atomic E-state index is 0.0793. The van der Waals surface area contributed by atoms with E-state index in [1.165, 1.54) is 6.92 Å². The molecule has 324 valence electrons. The standard InChI is InChI=1S/C31H52N2O23/c1-9-18(43)21(46)22(47)28(51-9)53-24(12(5-34)32-10(2)38)25(15(42)7-36)54-29-23(48)27(20(45)16(8-37)52-29)56-31(30(49)50)4-13(40)17(33-11(3)39)26(55-31)19(44)14(41)6-35/h5,9,12-29,35-37,40-48H,4,6-8H2,1-3H3,(H,32,38)(H,33,39)(H,49,50)/t9-,12-,13+,14-,15-,16+,17-,18-,19-,20+,21+,22+,23+,24+,25+,26-,27-,28+,29-,31+/m1/s1. The van der Waals surface area contributed by atoms with E-state index in [9.17, 15) is 85.6 Å². The maximum absolute atomic E-state index is 12.8. The van der Waals surface area contributed by atoms with Crippen molar-refractivity contribution in [1.82, 2.24) is 10.6 Å². The average Bonchev–Trinajstić information content (AvgIpc) is 3.15. The fraction of sp³-hybridized carbons (Fsp3) is 0.871. The Balaban J connectivity index is 2.06. The molecule has 15 N–H and O–H groups in total. The molecule has 0 saturated carbocycles. The van der Waals surface area contributed by atoms with E-state index in [2.05, 4.69) is 10.6 Å². The van der Waals surface area contributed by atoms with Gasteiger partial charge in [-0.25, -0.2) is 4.79 Å². The number of carbonyl (C=O) groups excluding carboxylic acids is 3. The summed E-state index contributed by atoms with van der Waals surface area (Å²) < 4.78 is 33.5. The SMILES string of the molecule is CC(=O)N[C@H]1[C@H]([C@H](O)[C@H](O)CO)O[C@@](O[C@H]2[C@H](O)[C@@H](O[C@H]([C@@H](O[C@@H]3O[C@H](C)[C@@H](O)[C@H](O)[C@@H]3O)[C@@H](C=O)NC(C)=O)[C@H](O)CO)O[C@@H](CO)[C@@H]2O)(C(=O)O)C[C@@H]1O. The number of amides is 2. The Hall–Kier alpha value is -2.64. The Kier molecular flexibility index (Phi) is 17.4. The number of carbonyl (C=O) groups is 4. The summed E-state index contributed by atoms with van der Waals surface area (Å²) in [6.07, 6.45) is -35.3. The predicted molar refractivity (Wildman–Crippen MR) is 174 cm³/mol. The topological polar surface area (TPSA) is 411 Å². The Morgan fingerprint density at radius 2 is 1.41 bits per heavy atom. The molecule has 0 spiro atoms. The number of aliphatic hydroxyl groups is 12. The molecule has 2 amide bonds. The molecule has 25 nitrogen and oxygen atoms in total. The molecular formula is C31H52N2O23. The number of aliphatic carboxylic acids is 1. The second-order valence-corrected chi connectivity index (χ2v) is 13.7. The number of rotatable bonds is 18. The molecule has 0 radical (unpaired) electrons. The summed E-state index contributed by atoms with van der Waals surface area (Å²) in [6, 6.07) is -3.47. The molecule has 56 heavy (non-hydrogen) atoms. The average molecular weight is 821 g/mol. The number of carboxylic acids is 1. The first kappa shape index (κ1) is 47.7. The smallest absolute Gasteiger partial charge is 0.364 e. The Morgan fingerprint density at radius 1 is 0.821 bits per heavy atom. The number of carboxylic acid groups (broad SMARTS) is 1. The molecule has 3 fully saturated rings. The van der Waals surface area contributed by atoms with Crippen LogP contribution in [0.4, 0.5) is 0 Å². The highest BCUT2D eigenvalue weighted by molar-refractivity contribution is 5.78. The monoisotopic (exact) mass is 820 g/mol. The highest BCUT2D eigenvalue weighted by Gasteiger charge is 2.60. The molecule has 3 aliphatic rings. The van der Waals surface area contributed by atoms with Gasteiger partial charge in [0, 0.05) is 20.3 Å². The number of hydrogen-bond donors (Lipinski definition) is 15. The van der Waals surface area contributed by atoms with Crippen LogP contribution < -0.4 is 10.6 Å². The minimum atomic E-state index is -3.16. The van der Waals surface area contributed by atoms with Gasteiger partial charge in [0.25, 0.3) is 5.79 Å². The molecule has 3 rings (SSSR count). The molecule has 0 aromatic rings. The van der Waals surface area contributed by atoms with Crippen LogP contribution in [0.15, 0.2) is 0 Å². The van der Waals surface area contributed by atoms with Crippen molar-refractivity contribution in [3.05, 3.63) is 0 Å². The molecule has 0 aromatic carbocycles.